The molecule has 0 atom stereocenters. The van der Waals surface area contributed by atoms with Gasteiger partial charge in [-0.2, -0.15) is 25.3 Å². The Bertz CT molecular complexity index is 875. The van der Waals surface area contributed by atoms with Crippen molar-refractivity contribution in [2.24, 2.45) is 0 Å². The first kappa shape index (κ1) is 16.6. The molecule has 0 aromatic heterocycles. The number of aromatic hydroxyl groups is 2. The normalized spacial score (nSPS) is 13.3. The van der Waals surface area contributed by atoms with Crippen LogP contribution in [0.25, 0.3) is 0 Å². The van der Waals surface area contributed by atoms with Crippen molar-refractivity contribution in [2.75, 3.05) is 0 Å². The highest BCUT2D eigenvalue weighted by Crippen LogP contribution is 2.41. The minimum Gasteiger partial charge on any atom is -0.506 e. The van der Waals surface area contributed by atoms with Gasteiger partial charge in [0.25, 0.3) is 20.2 Å². The van der Waals surface area contributed by atoms with Gasteiger partial charge in [-0.25, -0.2) is 0 Å². The molecule has 0 unspecified atom stereocenters. The van der Waals surface area contributed by atoms with E-state index < -0.39 is 56.5 Å². The van der Waals surface area contributed by atoms with Gasteiger partial charge in [0.05, 0.1) is 0 Å². The molecular weight excluding hydrogens is 344 g/mol. The molecule has 0 aliphatic carbocycles. The molecule has 0 aliphatic rings. The first-order chi connectivity index (χ1) is 8.67. The molecule has 0 fully saturated rings. The molecule has 11 nitrogen and oxygen atoms in total. The van der Waals surface area contributed by atoms with Gasteiger partial charge in [-0.1, -0.05) is 0 Å². The van der Waals surface area contributed by atoms with Crippen LogP contribution in [0.4, 0.5) is 0 Å². The summed E-state index contributed by atoms with van der Waals surface area (Å²) in [5.74, 6) is -3.53. The minimum atomic E-state index is -5.52. The number of hydrogen-bond donors (Lipinski definition) is 5. The largest absolute Gasteiger partial charge is 0.506 e. The second-order valence-electron chi connectivity index (χ2n) is 3.33. The summed E-state index contributed by atoms with van der Waals surface area (Å²) in [6.07, 6.45) is 0. The molecule has 0 heterocycles. The van der Waals surface area contributed by atoms with Crippen molar-refractivity contribution in [1.82, 2.24) is 0 Å². The summed E-state index contributed by atoms with van der Waals surface area (Å²) >= 11 is 0. The minimum absolute atomic E-state index is 0.0821. The molecule has 20 heavy (non-hydrogen) atoms. The van der Waals surface area contributed by atoms with Crippen molar-refractivity contribution in [3.63, 3.8) is 0 Å². The number of phenols is 2. The zero-order valence-electron chi connectivity index (χ0n) is 8.99. The van der Waals surface area contributed by atoms with Crippen molar-refractivity contribution in [1.29, 1.82) is 0 Å². The zero-order valence-corrected chi connectivity index (χ0v) is 11.4. The summed E-state index contributed by atoms with van der Waals surface area (Å²) in [6.45, 7) is 0. The summed E-state index contributed by atoms with van der Waals surface area (Å²) in [4.78, 5) is -5.34. The monoisotopic (exact) mass is 350 g/mol. The molecule has 0 radical (unpaired) electrons. The number of phenolic OH excluding ortho intramolecular Hbond substituents is 2. The van der Waals surface area contributed by atoms with Gasteiger partial charge in [-0.15, -0.1) is 0 Å². The molecule has 0 amide bonds. The molecule has 0 bridgehead atoms. The van der Waals surface area contributed by atoms with Gasteiger partial charge in [0, 0.05) is 6.07 Å². The summed E-state index contributed by atoms with van der Waals surface area (Å²) in [7, 11) is -16.2. The van der Waals surface area contributed by atoms with Crippen LogP contribution in [-0.4, -0.2) is 49.1 Å². The molecule has 0 saturated heterocycles. The van der Waals surface area contributed by atoms with Crippen LogP contribution in [0.15, 0.2) is 20.8 Å². The van der Waals surface area contributed by atoms with Gasteiger partial charge in [0.2, 0.25) is 0 Å². The molecule has 114 valence electrons. The lowest BCUT2D eigenvalue weighted by Gasteiger charge is -2.11. The predicted octanol–water partition coefficient (Wildman–Crippen LogP) is -1.16. The first-order valence-corrected chi connectivity index (χ1v) is 8.50. The van der Waals surface area contributed by atoms with E-state index in [9.17, 15) is 35.5 Å². The van der Waals surface area contributed by atoms with Crippen LogP contribution < -0.4 is 0 Å². The number of rotatable bonds is 3. The van der Waals surface area contributed by atoms with Gasteiger partial charge < -0.3 is 10.2 Å². The number of benzene rings is 1. The van der Waals surface area contributed by atoms with Crippen LogP contribution in [-0.2, 0) is 30.4 Å². The standard InChI is InChI=1S/C6H6O11S3/c7-2-1-3(18(9,10)11)6(20(15,16)17)4(8)5(2)19(12,13)14/h1,7-8H,(H,9,10,11)(H,12,13,14)(H,15,16,17). The van der Waals surface area contributed by atoms with Crippen LogP contribution in [0.3, 0.4) is 0 Å². The van der Waals surface area contributed by atoms with E-state index in [1.807, 2.05) is 0 Å². The fraction of sp³-hybridized carbons (Fsp3) is 0. The molecule has 0 spiro atoms. The van der Waals surface area contributed by atoms with E-state index in [1.54, 1.807) is 0 Å². The second kappa shape index (κ2) is 4.54. The lowest BCUT2D eigenvalue weighted by atomic mass is 10.3. The van der Waals surface area contributed by atoms with Crippen LogP contribution in [0, 0.1) is 0 Å². The molecule has 1 rings (SSSR count). The Labute approximate surface area is 112 Å². The second-order valence-corrected chi connectivity index (χ2v) is 7.43. The Morgan fingerprint density at radius 1 is 0.700 bits per heavy atom. The molecule has 14 heteroatoms. The van der Waals surface area contributed by atoms with E-state index in [1.165, 1.54) is 0 Å². The molecule has 5 N–H and O–H groups in total. The van der Waals surface area contributed by atoms with Crippen LogP contribution in [0.2, 0.25) is 0 Å². The SMILES string of the molecule is O=S(=O)(O)c1cc(O)c(S(=O)(=O)O)c(O)c1S(=O)(=O)O. The Kier molecular flexibility index (Phi) is 3.77. The van der Waals surface area contributed by atoms with Crippen molar-refractivity contribution in [3.8, 4) is 11.5 Å². The van der Waals surface area contributed by atoms with E-state index in [2.05, 4.69) is 0 Å². The topological polar surface area (TPSA) is 204 Å². The van der Waals surface area contributed by atoms with Crippen molar-refractivity contribution < 1.29 is 49.1 Å². The molecule has 1 aromatic rings. The summed E-state index contributed by atoms with van der Waals surface area (Å²) in [6, 6.07) is -0.0821. The van der Waals surface area contributed by atoms with Gasteiger partial charge >= 0.3 is 10.1 Å². The summed E-state index contributed by atoms with van der Waals surface area (Å²) in [5.41, 5.74) is 0. The lowest BCUT2D eigenvalue weighted by molar-refractivity contribution is 0.388. The molecule has 0 saturated carbocycles. The average Bonchev–Trinajstić information content (AvgIpc) is 2.09. The fourth-order valence-corrected chi connectivity index (χ4v) is 3.91. The van der Waals surface area contributed by atoms with E-state index in [4.69, 9.17) is 13.7 Å². The average molecular weight is 350 g/mol. The van der Waals surface area contributed by atoms with E-state index in [0.717, 1.165) is 0 Å². The zero-order chi connectivity index (χ0) is 16.1. The summed E-state index contributed by atoms with van der Waals surface area (Å²) in [5, 5.41) is 18.6. The highest BCUT2D eigenvalue weighted by molar-refractivity contribution is 7.89. The van der Waals surface area contributed by atoms with Gasteiger partial charge in [-0.05, 0) is 0 Å². The number of hydrogen-bond acceptors (Lipinski definition) is 8. The van der Waals surface area contributed by atoms with Gasteiger partial charge in [0.1, 0.15) is 10.6 Å². The maximum Gasteiger partial charge on any atom is 0.302 e. The van der Waals surface area contributed by atoms with E-state index in [-0.39, 0.29) is 6.07 Å². The van der Waals surface area contributed by atoms with E-state index in [0.29, 0.717) is 0 Å². The van der Waals surface area contributed by atoms with Crippen LogP contribution in [0.5, 0.6) is 11.5 Å². The quantitative estimate of drug-likeness (QED) is 0.411. The summed E-state index contributed by atoms with van der Waals surface area (Å²) < 4.78 is 91.7. The maximum atomic E-state index is 11.0. The Morgan fingerprint density at radius 2 is 1.10 bits per heavy atom. The van der Waals surface area contributed by atoms with Crippen molar-refractivity contribution in [3.05, 3.63) is 6.07 Å². The predicted molar refractivity (Wildman–Crippen MR) is 59.2 cm³/mol. The Morgan fingerprint density at radius 3 is 1.40 bits per heavy atom. The Balaban J connectivity index is 4.19. The highest BCUT2D eigenvalue weighted by Gasteiger charge is 2.35. The van der Waals surface area contributed by atoms with Crippen molar-refractivity contribution >= 4 is 30.4 Å². The van der Waals surface area contributed by atoms with Gasteiger partial charge in [-0.3, -0.25) is 13.7 Å². The van der Waals surface area contributed by atoms with Crippen LogP contribution in [0.1, 0.15) is 0 Å². The smallest absolute Gasteiger partial charge is 0.302 e. The van der Waals surface area contributed by atoms with Crippen LogP contribution >= 0.6 is 0 Å². The Hall–Kier alpha value is -1.45. The maximum absolute atomic E-state index is 11.0. The third-order valence-electron chi connectivity index (χ3n) is 1.95. The third-order valence-corrected chi connectivity index (χ3v) is 4.80. The van der Waals surface area contributed by atoms with Crippen molar-refractivity contribution in [2.45, 2.75) is 14.7 Å². The molecule has 0 aliphatic heterocycles. The highest BCUT2D eigenvalue weighted by atomic mass is 32.2. The fourth-order valence-electron chi connectivity index (χ4n) is 1.29. The first-order valence-electron chi connectivity index (χ1n) is 4.18. The van der Waals surface area contributed by atoms with Gasteiger partial charge in [0.15, 0.2) is 15.5 Å². The lowest BCUT2D eigenvalue weighted by Crippen LogP contribution is -2.11. The molecular formula is C6H6O11S3. The third kappa shape index (κ3) is 3.00. The van der Waals surface area contributed by atoms with E-state index >= 15 is 0 Å². The molecule has 1 aromatic carbocycles.